The Hall–Kier alpha value is -1.67. The monoisotopic (exact) mass is 327 g/mol. The average Bonchev–Trinajstić information content (AvgIpc) is 2.80. The third-order valence-corrected chi connectivity index (χ3v) is 4.80. The fourth-order valence-corrected chi connectivity index (χ4v) is 3.34. The molecule has 0 N–H and O–H groups in total. The molecule has 1 fully saturated rings. The molecule has 2 rings (SSSR count). The zero-order valence-corrected chi connectivity index (χ0v) is 12.7. The van der Waals surface area contributed by atoms with Crippen molar-refractivity contribution in [2.24, 2.45) is 0 Å². The molecule has 21 heavy (non-hydrogen) atoms. The second-order valence-electron chi connectivity index (χ2n) is 3.99. The van der Waals surface area contributed by atoms with E-state index in [4.69, 9.17) is 4.74 Å². The first kappa shape index (κ1) is 15.7. The minimum absolute atomic E-state index is 0.0652. The number of carbonyl (C=O) groups excluding carboxylic acids is 3. The Morgan fingerprint density at radius 3 is 2.48 bits per heavy atom. The summed E-state index contributed by atoms with van der Waals surface area (Å²) in [6.45, 7) is 0.138. The lowest BCUT2D eigenvalue weighted by Crippen LogP contribution is -2.32. The molecule has 112 valence electrons. The average molecular weight is 327 g/mol. The summed E-state index contributed by atoms with van der Waals surface area (Å²) in [5.74, 6) is -0.478. The Labute approximate surface area is 129 Å². The molecule has 0 atom stereocenters. The van der Waals surface area contributed by atoms with E-state index in [1.54, 1.807) is 10.8 Å². The molecule has 1 heterocycles. The van der Waals surface area contributed by atoms with Gasteiger partial charge in [0.1, 0.15) is 6.61 Å². The molecule has 1 aromatic carbocycles. The molecule has 1 aliphatic rings. The second kappa shape index (κ2) is 7.94. The number of rotatable bonds is 6. The van der Waals surface area contributed by atoms with E-state index in [-0.39, 0.29) is 19.4 Å². The topological polar surface area (TPSA) is 72.9 Å². The van der Waals surface area contributed by atoms with Crippen LogP contribution in [-0.4, -0.2) is 35.4 Å². The molecule has 1 saturated heterocycles. The van der Waals surface area contributed by atoms with Crippen LogP contribution >= 0.6 is 21.6 Å². The quantitative estimate of drug-likeness (QED) is 0.344. The van der Waals surface area contributed by atoms with Crippen molar-refractivity contribution in [1.82, 2.24) is 5.06 Å². The molecular formula is C13H13NO5S2. The standard InChI is InChI=1S/C13H13NO5S2/c15-11-6-7-12(16)14(11)19-13(17)18-8-9-20-21-10-4-2-1-3-5-10/h1-5H,6-9H2. The van der Waals surface area contributed by atoms with Crippen molar-refractivity contribution in [3.05, 3.63) is 30.3 Å². The van der Waals surface area contributed by atoms with Crippen LogP contribution < -0.4 is 0 Å². The van der Waals surface area contributed by atoms with Crippen LogP contribution in [0.3, 0.4) is 0 Å². The number of hydroxylamine groups is 2. The minimum atomic E-state index is -1.04. The summed E-state index contributed by atoms with van der Waals surface area (Å²) in [7, 11) is 3.10. The predicted molar refractivity (Wildman–Crippen MR) is 78.3 cm³/mol. The number of ether oxygens (including phenoxy) is 1. The Bertz CT molecular complexity index is 507. The van der Waals surface area contributed by atoms with Gasteiger partial charge in [-0.1, -0.05) is 44.9 Å². The van der Waals surface area contributed by atoms with Gasteiger partial charge in [0.25, 0.3) is 11.8 Å². The van der Waals surface area contributed by atoms with Gasteiger partial charge in [-0.25, -0.2) is 4.79 Å². The highest BCUT2D eigenvalue weighted by Gasteiger charge is 2.33. The van der Waals surface area contributed by atoms with Crippen molar-refractivity contribution in [1.29, 1.82) is 0 Å². The first-order chi connectivity index (χ1) is 10.2. The Balaban J connectivity index is 1.59. The molecule has 0 aromatic heterocycles. The SMILES string of the molecule is O=C(OCCSSc1ccccc1)ON1C(=O)CCC1=O. The first-order valence-electron chi connectivity index (χ1n) is 6.22. The van der Waals surface area contributed by atoms with E-state index in [9.17, 15) is 14.4 Å². The summed E-state index contributed by atoms with van der Waals surface area (Å²) >= 11 is 0. The summed E-state index contributed by atoms with van der Waals surface area (Å²) in [4.78, 5) is 39.4. The normalized spacial score (nSPS) is 14.4. The highest BCUT2D eigenvalue weighted by Crippen LogP contribution is 2.30. The number of imide groups is 1. The summed E-state index contributed by atoms with van der Waals surface area (Å²) in [6, 6.07) is 9.80. The van der Waals surface area contributed by atoms with Gasteiger partial charge in [0.05, 0.1) is 0 Å². The summed E-state index contributed by atoms with van der Waals surface area (Å²) in [5, 5.41) is 0.466. The maximum Gasteiger partial charge on any atom is 0.533 e. The number of nitrogens with zero attached hydrogens (tertiary/aromatic N) is 1. The molecule has 0 spiro atoms. The number of hydrogen-bond donors (Lipinski definition) is 0. The lowest BCUT2D eigenvalue weighted by atomic mass is 10.4. The molecule has 0 aliphatic carbocycles. The lowest BCUT2D eigenvalue weighted by Gasteiger charge is -2.12. The summed E-state index contributed by atoms with van der Waals surface area (Å²) < 4.78 is 4.80. The molecule has 0 saturated carbocycles. The van der Waals surface area contributed by atoms with Crippen LogP contribution in [0.15, 0.2) is 35.2 Å². The lowest BCUT2D eigenvalue weighted by molar-refractivity contribution is -0.176. The fourth-order valence-electron chi connectivity index (χ4n) is 1.50. The maximum atomic E-state index is 11.3. The largest absolute Gasteiger partial charge is 0.533 e. The molecule has 0 radical (unpaired) electrons. The molecule has 6 nitrogen and oxygen atoms in total. The van der Waals surface area contributed by atoms with Crippen LogP contribution in [0, 0.1) is 0 Å². The van der Waals surface area contributed by atoms with E-state index in [1.165, 1.54) is 10.8 Å². The zero-order chi connectivity index (χ0) is 15.1. The van der Waals surface area contributed by atoms with Gasteiger partial charge in [0.15, 0.2) is 0 Å². The van der Waals surface area contributed by atoms with Crippen molar-refractivity contribution < 1.29 is 24.0 Å². The molecule has 2 amide bonds. The van der Waals surface area contributed by atoms with Crippen molar-refractivity contribution in [2.75, 3.05) is 12.4 Å². The molecule has 1 aromatic rings. The Morgan fingerprint density at radius 1 is 1.14 bits per heavy atom. The Kier molecular flexibility index (Phi) is 5.94. The number of amides is 2. The van der Waals surface area contributed by atoms with E-state index in [0.717, 1.165) is 4.90 Å². The van der Waals surface area contributed by atoms with Crippen molar-refractivity contribution in [3.8, 4) is 0 Å². The summed E-state index contributed by atoms with van der Waals surface area (Å²) in [6.07, 6.45) is -0.908. The molecule has 1 aliphatic heterocycles. The van der Waals surface area contributed by atoms with Gasteiger partial charge < -0.3 is 4.74 Å². The van der Waals surface area contributed by atoms with Crippen molar-refractivity contribution >= 4 is 39.6 Å². The van der Waals surface area contributed by atoms with Gasteiger partial charge in [0.2, 0.25) is 0 Å². The first-order valence-corrected chi connectivity index (χ1v) is 8.54. The van der Waals surface area contributed by atoms with Gasteiger partial charge in [0, 0.05) is 23.5 Å². The van der Waals surface area contributed by atoms with E-state index in [2.05, 4.69) is 4.84 Å². The molecule has 0 bridgehead atoms. The third kappa shape index (κ3) is 4.98. The smallest absolute Gasteiger partial charge is 0.432 e. The van der Waals surface area contributed by atoms with Crippen LogP contribution in [0.5, 0.6) is 0 Å². The van der Waals surface area contributed by atoms with Gasteiger partial charge in [-0.2, -0.15) is 0 Å². The molecule has 8 heteroatoms. The fraction of sp³-hybridized carbons (Fsp3) is 0.308. The van der Waals surface area contributed by atoms with Crippen LogP contribution in [-0.2, 0) is 19.2 Å². The highest BCUT2D eigenvalue weighted by molar-refractivity contribution is 8.76. The highest BCUT2D eigenvalue weighted by atomic mass is 33.1. The van der Waals surface area contributed by atoms with Crippen molar-refractivity contribution in [2.45, 2.75) is 17.7 Å². The molecular weight excluding hydrogens is 314 g/mol. The summed E-state index contributed by atoms with van der Waals surface area (Å²) in [5.41, 5.74) is 0. The van der Waals surface area contributed by atoms with Gasteiger partial charge in [-0.15, -0.1) is 0 Å². The van der Waals surface area contributed by atoms with Gasteiger partial charge in [-0.05, 0) is 12.1 Å². The van der Waals surface area contributed by atoms with Gasteiger partial charge in [-0.3, -0.25) is 14.4 Å². The predicted octanol–water partition coefficient (Wildman–Crippen LogP) is 2.64. The van der Waals surface area contributed by atoms with E-state index in [0.29, 0.717) is 10.8 Å². The number of benzene rings is 1. The van der Waals surface area contributed by atoms with Crippen LogP contribution in [0.2, 0.25) is 0 Å². The molecule has 0 unspecified atom stereocenters. The third-order valence-electron chi connectivity index (χ3n) is 2.46. The maximum absolute atomic E-state index is 11.3. The van der Waals surface area contributed by atoms with Crippen LogP contribution in [0.4, 0.5) is 4.79 Å². The zero-order valence-electron chi connectivity index (χ0n) is 11.0. The number of hydrogen-bond acceptors (Lipinski definition) is 7. The van der Waals surface area contributed by atoms with Crippen LogP contribution in [0.25, 0.3) is 0 Å². The number of carbonyl (C=O) groups is 3. The van der Waals surface area contributed by atoms with E-state index < -0.39 is 18.0 Å². The van der Waals surface area contributed by atoms with Gasteiger partial charge >= 0.3 is 6.16 Å². The van der Waals surface area contributed by atoms with Crippen molar-refractivity contribution in [3.63, 3.8) is 0 Å². The second-order valence-corrected chi connectivity index (χ2v) is 6.48. The van der Waals surface area contributed by atoms with E-state index in [1.807, 2.05) is 30.3 Å². The Morgan fingerprint density at radius 2 is 1.81 bits per heavy atom. The van der Waals surface area contributed by atoms with Crippen LogP contribution in [0.1, 0.15) is 12.8 Å². The minimum Gasteiger partial charge on any atom is -0.432 e. The van der Waals surface area contributed by atoms with E-state index >= 15 is 0 Å².